The minimum Gasteiger partial charge on any atom is -0.448 e. The van der Waals surface area contributed by atoms with Gasteiger partial charge in [0.2, 0.25) is 0 Å². The van der Waals surface area contributed by atoms with Crippen LogP contribution in [0.25, 0.3) is 0 Å². The zero-order chi connectivity index (χ0) is 24.5. The average molecular weight is 481 g/mol. The number of rotatable bonds is 5. The van der Waals surface area contributed by atoms with Crippen LogP contribution in [0.2, 0.25) is 0 Å². The molecular formula is C26H28N2O5S. The van der Waals surface area contributed by atoms with Crippen molar-refractivity contribution in [3.05, 3.63) is 83.1 Å². The predicted octanol–water partition coefficient (Wildman–Crippen LogP) is 4.40. The molecule has 2 heterocycles. The summed E-state index contributed by atoms with van der Waals surface area (Å²) in [4.78, 5) is 40.0. The van der Waals surface area contributed by atoms with E-state index < -0.39 is 35.2 Å². The number of esters is 1. The van der Waals surface area contributed by atoms with Crippen molar-refractivity contribution >= 4 is 29.7 Å². The topological polar surface area (TPSA) is 84.9 Å². The highest BCUT2D eigenvalue weighted by Gasteiger charge is 2.54. The lowest BCUT2D eigenvalue weighted by atomic mass is 10.0. The van der Waals surface area contributed by atoms with Crippen LogP contribution in [0.15, 0.2) is 71.9 Å². The van der Waals surface area contributed by atoms with Crippen molar-refractivity contribution in [2.75, 3.05) is 5.75 Å². The summed E-state index contributed by atoms with van der Waals surface area (Å²) in [5.74, 6) is -0.373. The van der Waals surface area contributed by atoms with Gasteiger partial charge in [-0.2, -0.15) is 0 Å². The van der Waals surface area contributed by atoms with Crippen molar-refractivity contribution < 1.29 is 23.9 Å². The average Bonchev–Trinajstić information content (AvgIpc) is 2.80. The summed E-state index contributed by atoms with van der Waals surface area (Å²) < 4.78 is 11.3. The summed E-state index contributed by atoms with van der Waals surface area (Å²) in [6, 6.07) is 18.2. The molecule has 2 aliphatic rings. The molecule has 1 fully saturated rings. The van der Waals surface area contributed by atoms with E-state index >= 15 is 0 Å². The number of carbonyl (C=O) groups excluding carboxylic acids is 3. The van der Waals surface area contributed by atoms with Crippen LogP contribution in [0.5, 0.6) is 0 Å². The molecule has 2 aromatic rings. The largest absolute Gasteiger partial charge is 0.448 e. The van der Waals surface area contributed by atoms with Gasteiger partial charge in [0.25, 0.3) is 5.91 Å². The van der Waals surface area contributed by atoms with Gasteiger partial charge in [-0.3, -0.25) is 9.69 Å². The number of fused-ring (bicyclic) bond motifs is 1. The van der Waals surface area contributed by atoms with Gasteiger partial charge >= 0.3 is 12.1 Å². The molecule has 7 nitrogen and oxygen atoms in total. The first-order valence-corrected chi connectivity index (χ1v) is 12.2. The van der Waals surface area contributed by atoms with Gasteiger partial charge in [0, 0.05) is 5.75 Å². The van der Waals surface area contributed by atoms with E-state index in [1.54, 1.807) is 20.8 Å². The third-order valence-corrected chi connectivity index (χ3v) is 6.88. The van der Waals surface area contributed by atoms with E-state index in [9.17, 15) is 14.4 Å². The molecule has 2 aromatic carbocycles. The number of amides is 2. The Morgan fingerprint density at radius 2 is 1.59 bits per heavy atom. The predicted molar refractivity (Wildman–Crippen MR) is 130 cm³/mol. The quantitative estimate of drug-likeness (QED) is 0.504. The molecule has 8 heteroatoms. The van der Waals surface area contributed by atoms with Gasteiger partial charge in [0.05, 0.1) is 0 Å². The Hall–Kier alpha value is -3.26. The Bertz CT molecular complexity index is 1070. The maximum absolute atomic E-state index is 13.4. The maximum atomic E-state index is 13.4. The molecule has 1 N–H and O–H groups in total. The molecular weight excluding hydrogens is 452 g/mol. The van der Waals surface area contributed by atoms with Crippen LogP contribution in [0.1, 0.15) is 44.9 Å². The van der Waals surface area contributed by atoms with E-state index in [0.717, 1.165) is 16.7 Å². The third-order valence-electron chi connectivity index (χ3n) is 5.45. The first kappa shape index (κ1) is 23.9. The van der Waals surface area contributed by atoms with Crippen molar-refractivity contribution in [1.82, 2.24) is 10.2 Å². The molecule has 0 bridgehead atoms. The number of nitrogens with one attached hydrogen (secondary N) is 1. The fraction of sp³-hybridized carbons (Fsp3) is 0.346. The summed E-state index contributed by atoms with van der Waals surface area (Å²) in [5.41, 5.74) is 2.00. The third kappa shape index (κ3) is 4.97. The molecule has 0 spiro atoms. The second-order valence-corrected chi connectivity index (χ2v) is 10.4. The van der Waals surface area contributed by atoms with Gasteiger partial charge < -0.3 is 14.8 Å². The van der Waals surface area contributed by atoms with Gasteiger partial charge in [-0.1, -0.05) is 60.7 Å². The zero-order valence-electron chi connectivity index (χ0n) is 19.6. The Labute approximate surface area is 203 Å². The lowest BCUT2D eigenvalue weighted by Gasteiger charge is -2.49. The number of carbonyl (C=O) groups is 3. The van der Waals surface area contributed by atoms with Crippen LogP contribution in [0.4, 0.5) is 4.79 Å². The van der Waals surface area contributed by atoms with Crippen LogP contribution in [0, 0.1) is 0 Å². The van der Waals surface area contributed by atoms with Crippen molar-refractivity contribution in [3.8, 4) is 0 Å². The van der Waals surface area contributed by atoms with Gasteiger partial charge in [-0.25, -0.2) is 9.59 Å². The van der Waals surface area contributed by atoms with Gasteiger partial charge in [-0.05, 0) is 44.4 Å². The molecule has 4 rings (SSSR count). The molecule has 1 saturated heterocycles. The SMILES string of the molecule is CC1=C(C(=O)OC(c2ccccc2)c2ccccc2)N2C(=O)C(NC(=O)OC(C)(C)C)C2SC1. The highest BCUT2D eigenvalue weighted by atomic mass is 32.2. The van der Waals surface area contributed by atoms with Crippen LogP contribution in [0.3, 0.4) is 0 Å². The van der Waals surface area contributed by atoms with Crippen LogP contribution >= 0.6 is 11.8 Å². The lowest BCUT2D eigenvalue weighted by Crippen LogP contribution is -2.70. The van der Waals surface area contributed by atoms with E-state index in [1.807, 2.05) is 67.6 Å². The minimum absolute atomic E-state index is 0.243. The summed E-state index contributed by atoms with van der Waals surface area (Å²) >= 11 is 1.49. The number of ether oxygens (including phenoxy) is 2. The summed E-state index contributed by atoms with van der Waals surface area (Å²) in [7, 11) is 0. The standard InChI is InChI=1S/C26H28N2O5S/c1-16-15-34-23-19(27-25(31)33-26(2,3)4)22(29)28(23)20(16)24(30)32-21(17-11-7-5-8-12-17)18-13-9-6-10-14-18/h5-14,19,21,23H,15H2,1-4H3,(H,27,31). The number of hydrogen-bond donors (Lipinski definition) is 1. The second-order valence-electron chi connectivity index (χ2n) is 9.27. The highest BCUT2D eigenvalue weighted by molar-refractivity contribution is 8.00. The summed E-state index contributed by atoms with van der Waals surface area (Å²) in [6.45, 7) is 7.09. The Morgan fingerprint density at radius 3 is 2.12 bits per heavy atom. The van der Waals surface area contributed by atoms with Crippen molar-refractivity contribution in [2.24, 2.45) is 0 Å². The lowest BCUT2D eigenvalue weighted by molar-refractivity contribution is -0.153. The van der Waals surface area contributed by atoms with Gasteiger partial charge in [0.15, 0.2) is 6.10 Å². The normalized spacial score (nSPS) is 19.9. The van der Waals surface area contributed by atoms with E-state index in [1.165, 1.54) is 16.7 Å². The number of alkyl carbamates (subject to hydrolysis) is 1. The first-order chi connectivity index (χ1) is 16.2. The number of benzene rings is 2. The van der Waals surface area contributed by atoms with Crippen LogP contribution in [-0.2, 0) is 19.1 Å². The zero-order valence-corrected chi connectivity index (χ0v) is 20.4. The summed E-state index contributed by atoms with van der Waals surface area (Å²) in [5, 5.41) is 2.25. The smallest absolute Gasteiger partial charge is 0.408 e. The van der Waals surface area contributed by atoms with Gasteiger partial charge in [-0.15, -0.1) is 11.8 Å². The maximum Gasteiger partial charge on any atom is 0.408 e. The molecule has 178 valence electrons. The molecule has 34 heavy (non-hydrogen) atoms. The molecule has 2 amide bonds. The Morgan fingerprint density at radius 1 is 1.03 bits per heavy atom. The number of nitrogens with zero attached hydrogens (tertiary/aromatic N) is 1. The van der Waals surface area contributed by atoms with E-state index in [0.29, 0.717) is 5.75 Å². The Kier molecular flexibility index (Phi) is 6.70. The fourth-order valence-corrected chi connectivity index (χ4v) is 5.24. The van der Waals surface area contributed by atoms with E-state index in [4.69, 9.17) is 9.47 Å². The summed E-state index contributed by atoms with van der Waals surface area (Å²) in [6.07, 6.45) is -1.27. The monoisotopic (exact) mass is 480 g/mol. The number of hydrogen-bond acceptors (Lipinski definition) is 6. The van der Waals surface area contributed by atoms with Crippen LogP contribution < -0.4 is 5.32 Å². The molecule has 0 aromatic heterocycles. The molecule has 2 unspecified atom stereocenters. The van der Waals surface area contributed by atoms with Crippen LogP contribution in [-0.4, -0.2) is 45.6 Å². The molecule has 2 atom stereocenters. The van der Waals surface area contributed by atoms with Crippen molar-refractivity contribution in [2.45, 2.75) is 50.8 Å². The molecule has 0 radical (unpaired) electrons. The molecule has 0 aliphatic carbocycles. The van der Waals surface area contributed by atoms with E-state index in [2.05, 4.69) is 5.32 Å². The highest BCUT2D eigenvalue weighted by Crippen LogP contribution is 2.41. The van der Waals surface area contributed by atoms with Gasteiger partial charge in [0.1, 0.15) is 22.7 Å². The van der Waals surface area contributed by atoms with Crippen molar-refractivity contribution in [1.29, 1.82) is 0 Å². The molecule has 0 saturated carbocycles. The first-order valence-electron chi connectivity index (χ1n) is 11.1. The van der Waals surface area contributed by atoms with Crippen molar-refractivity contribution in [3.63, 3.8) is 0 Å². The van der Waals surface area contributed by atoms with E-state index in [-0.39, 0.29) is 11.6 Å². The fourth-order valence-electron chi connectivity index (χ4n) is 3.94. The second kappa shape index (κ2) is 9.54. The number of β-lactam (4-membered cyclic amide) rings is 1. The minimum atomic E-state index is -0.755. The molecule has 2 aliphatic heterocycles. The Balaban J connectivity index is 1.54. The number of thioether (sulfide) groups is 1.